The van der Waals surface area contributed by atoms with E-state index in [0.717, 1.165) is 132 Å². The van der Waals surface area contributed by atoms with E-state index in [1.54, 1.807) is 0 Å². The number of nitrogens with zero attached hydrogens (tertiary/aromatic N) is 2. The number of hydrogen-bond acceptors (Lipinski definition) is 2. The van der Waals surface area contributed by atoms with Gasteiger partial charge in [-0.15, -0.1) is 0 Å². The summed E-state index contributed by atoms with van der Waals surface area (Å²) in [7, 11) is 0. The minimum Gasteiger partial charge on any atom is -0.456 e. The Balaban J connectivity index is 1.30. The summed E-state index contributed by atoms with van der Waals surface area (Å²) in [5.41, 5.74) is 14.7. The third-order valence-electron chi connectivity index (χ3n) is 13.0. The summed E-state index contributed by atoms with van der Waals surface area (Å²) in [6, 6.07) is 55.5. The zero-order chi connectivity index (χ0) is 41.4. The molecular weight excluding hydrogens is 771 g/mol. The average Bonchev–Trinajstić information content (AvgIpc) is 4.05. The highest BCUT2D eigenvalue weighted by Gasteiger charge is 2.30. The smallest absolute Gasteiger partial charge is 0.137 e. The molecule has 294 valence electrons. The van der Waals surface area contributed by atoms with Gasteiger partial charge in [-0.3, -0.25) is 0 Å². The Labute approximate surface area is 353 Å². The molecule has 0 radical (unpaired) electrons. The number of hydrogen-bond donors (Lipinski definition) is 0. The standard InChI is InChI=1S/C56H34F2N2O2/c1-31-49(33-19-23-35(57)24-20-33)56(60-44-16-8-4-12-38(44)40-28-30-48-52(55(40)60)42-14-6-10-18-46(42)62-48)50(34-21-25-36(58)26-22-34)32(2)53(31)59-43-15-7-3-11-37(43)39-27-29-47-51(54(39)59)41-13-5-9-17-45(41)61-47/h3-30H,1-2H3. The summed E-state index contributed by atoms with van der Waals surface area (Å²) in [5.74, 6) is -0.641. The van der Waals surface area contributed by atoms with Crippen molar-refractivity contribution in [3.63, 3.8) is 0 Å². The molecule has 4 heterocycles. The van der Waals surface area contributed by atoms with Gasteiger partial charge >= 0.3 is 0 Å². The van der Waals surface area contributed by atoms with E-state index in [1.165, 1.54) is 24.3 Å². The molecule has 4 nitrogen and oxygen atoms in total. The van der Waals surface area contributed by atoms with Crippen molar-refractivity contribution in [2.75, 3.05) is 0 Å². The molecule has 6 heteroatoms. The molecule has 0 atom stereocenters. The first-order chi connectivity index (χ1) is 30.4. The predicted molar refractivity (Wildman–Crippen MR) is 250 cm³/mol. The van der Waals surface area contributed by atoms with E-state index < -0.39 is 0 Å². The predicted octanol–water partition coefficient (Wildman–Crippen LogP) is 15.9. The lowest BCUT2D eigenvalue weighted by molar-refractivity contribution is 0.627. The first-order valence-corrected chi connectivity index (χ1v) is 20.8. The fourth-order valence-electron chi connectivity index (χ4n) is 10.5. The van der Waals surface area contributed by atoms with Gasteiger partial charge in [0.15, 0.2) is 0 Å². The lowest BCUT2D eigenvalue weighted by atomic mass is 9.86. The second kappa shape index (κ2) is 12.8. The molecule has 62 heavy (non-hydrogen) atoms. The van der Waals surface area contributed by atoms with Crippen LogP contribution >= 0.6 is 0 Å². The lowest BCUT2D eigenvalue weighted by Gasteiger charge is -2.27. The van der Waals surface area contributed by atoms with Crippen LogP contribution < -0.4 is 0 Å². The van der Waals surface area contributed by atoms with Crippen LogP contribution in [0.1, 0.15) is 11.1 Å². The SMILES string of the molecule is Cc1c(-c2ccc(F)cc2)c(-n2c3ccccc3c3ccc4oc5ccccc5c4c32)c(-c2ccc(F)cc2)c(C)c1-n1c2ccccc2c2ccc3oc4ccccc4c3c21. The molecule has 0 N–H and O–H groups in total. The molecule has 0 spiro atoms. The molecule has 0 aliphatic rings. The molecule has 0 aliphatic heterocycles. The Morgan fingerprint density at radius 2 is 0.742 bits per heavy atom. The number of aromatic nitrogens is 2. The van der Waals surface area contributed by atoms with E-state index in [0.29, 0.717) is 0 Å². The monoisotopic (exact) mass is 804 g/mol. The van der Waals surface area contributed by atoms with Gasteiger partial charge in [0.05, 0.1) is 44.2 Å². The Kier molecular flexibility index (Phi) is 7.18. The highest BCUT2D eigenvalue weighted by Crippen LogP contribution is 2.51. The van der Waals surface area contributed by atoms with Crippen LogP contribution in [0.4, 0.5) is 8.78 Å². The molecular formula is C56H34F2N2O2. The zero-order valence-corrected chi connectivity index (χ0v) is 33.6. The van der Waals surface area contributed by atoms with Crippen LogP contribution in [0.25, 0.3) is 121 Å². The van der Waals surface area contributed by atoms with Gasteiger partial charge in [0.1, 0.15) is 34.0 Å². The minimum absolute atomic E-state index is 0.320. The van der Waals surface area contributed by atoms with Gasteiger partial charge in [-0.05, 0) is 109 Å². The lowest BCUT2D eigenvalue weighted by Crippen LogP contribution is -2.10. The van der Waals surface area contributed by atoms with Crippen molar-refractivity contribution in [3.8, 4) is 33.6 Å². The van der Waals surface area contributed by atoms with E-state index in [1.807, 2.05) is 54.6 Å². The third kappa shape index (κ3) is 4.69. The Morgan fingerprint density at radius 1 is 0.355 bits per heavy atom. The summed E-state index contributed by atoms with van der Waals surface area (Å²) in [6.07, 6.45) is 0. The van der Waals surface area contributed by atoms with E-state index >= 15 is 8.78 Å². The second-order valence-corrected chi connectivity index (χ2v) is 16.3. The first-order valence-electron chi connectivity index (χ1n) is 20.8. The Hall–Kier alpha value is -7.96. The normalized spacial score (nSPS) is 12.2. The fraction of sp³-hybridized carbons (Fsp3) is 0.0357. The average molecular weight is 805 g/mol. The number of halogens is 2. The minimum atomic E-state index is -0.320. The van der Waals surface area contributed by atoms with Crippen LogP contribution in [0.2, 0.25) is 0 Å². The number of fused-ring (bicyclic) bond motifs is 14. The van der Waals surface area contributed by atoms with Crippen LogP contribution in [0, 0.1) is 25.5 Å². The van der Waals surface area contributed by atoms with Crippen molar-refractivity contribution >= 4 is 87.5 Å². The second-order valence-electron chi connectivity index (χ2n) is 16.3. The van der Waals surface area contributed by atoms with Crippen LogP contribution in [-0.4, -0.2) is 9.13 Å². The Morgan fingerprint density at radius 3 is 1.19 bits per heavy atom. The van der Waals surface area contributed by atoms with Crippen LogP contribution in [0.3, 0.4) is 0 Å². The van der Waals surface area contributed by atoms with Crippen molar-refractivity contribution < 1.29 is 17.6 Å². The topological polar surface area (TPSA) is 36.1 Å². The maximum Gasteiger partial charge on any atom is 0.137 e. The maximum absolute atomic E-state index is 15.1. The largest absolute Gasteiger partial charge is 0.456 e. The van der Waals surface area contributed by atoms with Gasteiger partial charge in [0.25, 0.3) is 0 Å². The van der Waals surface area contributed by atoms with E-state index in [9.17, 15) is 0 Å². The summed E-state index contributed by atoms with van der Waals surface area (Å²) < 4.78 is 48.0. The quantitative estimate of drug-likeness (QED) is 0.178. The van der Waals surface area contributed by atoms with Crippen LogP contribution in [-0.2, 0) is 0 Å². The number of benzene rings is 9. The highest BCUT2D eigenvalue weighted by atomic mass is 19.1. The molecule has 13 rings (SSSR count). The molecule has 13 aromatic rings. The molecule has 0 saturated heterocycles. The van der Waals surface area contributed by atoms with Gasteiger partial charge in [-0.2, -0.15) is 0 Å². The van der Waals surface area contributed by atoms with Crippen molar-refractivity contribution in [3.05, 3.63) is 193 Å². The molecule has 0 unspecified atom stereocenters. The number of furan rings is 2. The molecule has 0 saturated carbocycles. The van der Waals surface area contributed by atoms with E-state index in [4.69, 9.17) is 8.83 Å². The summed E-state index contributed by atoms with van der Waals surface area (Å²) >= 11 is 0. The van der Waals surface area contributed by atoms with E-state index in [2.05, 4.69) is 114 Å². The van der Waals surface area contributed by atoms with Gasteiger partial charge in [0.2, 0.25) is 0 Å². The molecule has 0 bridgehead atoms. The molecule has 9 aromatic carbocycles. The molecule has 0 aliphatic carbocycles. The Bertz CT molecular complexity index is 3940. The fourth-order valence-corrected chi connectivity index (χ4v) is 10.5. The maximum atomic E-state index is 15.1. The van der Waals surface area contributed by atoms with Crippen LogP contribution in [0.15, 0.2) is 179 Å². The van der Waals surface area contributed by atoms with E-state index in [-0.39, 0.29) is 11.6 Å². The van der Waals surface area contributed by atoms with Crippen LogP contribution in [0.5, 0.6) is 0 Å². The number of rotatable bonds is 4. The van der Waals surface area contributed by atoms with Gasteiger partial charge in [-0.1, -0.05) is 97.1 Å². The third-order valence-corrected chi connectivity index (χ3v) is 13.0. The number of para-hydroxylation sites is 4. The van der Waals surface area contributed by atoms with Gasteiger partial charge in [-0.25, -0.2) is 8.78 Å². The zero-order valence-electron chi connectivity index (χ0n) is 33.6. The van der Waals surface area contributed by atoms with Crippen molar-refractivity contribution in [2.24, 2.45) is 0 Å². The molecule has 4 aromatic heterocycles. The first kappa shape index (κ1) is 34.9. The van der Waals surface area contributed by atoms with Crippen molar-refractivity contribution in [1.82, 2.24) is 9.13 Å². The van der Waals surface area contributed by atoms with Crippen molar-refractivity contribution in [2.45, 2.75) is 13.8 Å². The highest BCUT2D eigenvalue weighted by molar-refractivity contribution is 6.26. The summed E-state index contributed by atoms with van der Waals surface area (Å²) in [6.45, 7) is 4.37. The molecule has 0 fully saturated rings. The van der Waals surface area contributed by atoms with Crippen molar-refractivity contribution in [1.29, 1.82) is 0 Å². The van der Waals surface area contributed by atoms with Gasteiger partial charge < -0.3 is 18.0 Å². The molecule has 0 amide bonds. The summed E-state index contributed by atoms with van der Waals surface area (Å²) in [4.78, 5) is 0. The summed E-state index contributed by atoms with van der Waals surface area (Å²) in [5, 5.41) is 8.44. The van der Waals surface area contributed by atoms with Gasteiger partial charge in [0, 0.05) is 43.4 Å².